The second-order valence-electron chi connectivity index (χ2n) is 4.59. The highest BCUT2D eigenvalue weighted by Crippen LogP contribution is 2.19. The summed E-state index contributed by atoms with van der Waals surface area (Å²) in [6.07, 6.45) is 0.464. The summed E-state index contributed by atoms with van der Waals surface area (Å²) in [5.41, 5.74) is 0.797. The molecule has 0 aliphatic rings. The summed E-state index contributed by atoms with van der Waals surface area (Å²) in [6.45, 7) is 3.46. The van der Waals surface area contributed by atoms with Gasteiger partial charge in [0.1, 0.15) is 0 Å². The van der Waals surface area contributed by atoms with Crippen LogP contribution in [-0.4, -0.2) is 46.2 Å². The van der Waals surface area contributed by atoms with Crippen molar-refractivity contribution >= 4 is 27.6 Å². The minimum absolute atomic E-state index is 0.0407. The monoisotopic (exact) mass is 328 g/mol. The molecule has 0 atom stereocenters. The average Bonchev–Trinajstić information content (AvgIpc) is 2.42. The number of sulfonamides is 1. The molecule has 7 nitrogen and oxygen atoms in total. The smallest absolute Gasteiger partial charge is 0.407 e. The predicted molar refractivity (Wildman–Crippen MR) is 83.7 cm³/mol. The lowest BCUT2D eigenvalue weighted by molar-refractivity contribution is 0.101. The van der Waals surface area contributed by atoms with Crippen LogP contribution in [0.15, 0.2) is 24.3 Å². The number of ether oxygens (including phenoxy) is 1. The van der Waals surface area contributed by atoms with Crippen LogP contribution in [0.3, 0.4) is 0 Å². The Kier molecular flexibility index (Phi) is 6.36. The first kappa shape index (κ1) is 18.0. The molecule has 0 aliphatic carbocycles. The van der Waals surface area contributed by atoms with Gasteiger partial charge in [0.15, 0.2) is 5.78 Å². The van der Waals surface area contributed by atoms with Gasteiger partial charge in [-0.25, -0.2) is 13.2 Å². The summed E-state index contributed by atoms with van der Waals surface area (Å²) >= 11 is 0. The molecule has 0 fully saturated rings. The van der Waals surface area contributed by atoms with Gasteiger partial charge in [0.25, 0.3) is 0 Å². The Labute approximate surface area is 130 Å². The van der Waals surface area contributed by atoms with Crippen LogP contribution in [0.1, 0.15) is 24.2 Å². The molecule has 22 heavy (non-hydrogen) atoms. The molecular formula is C14H20N2O5S. The zero-order valence-electron chi connectivity index (χ0n) is 12.8. The van der Waals surface area contributed by atoms with Crippen molar-refractivity contribution in [2.24, 2.45) is 0 Å². The van der Waals surface area contributed by atoms with Crippen molar-refractivity contribution in [3.8, 4) is 0 Å². The third-order valence-electron chi connectivity index (χ3n) is 2.80. The van der Waals surface area contributed by atoms with Crippen LogP contribution < -0.4 is 9.62 Å². The fraction of sp³-hybridized carbons (Fsp3) is 0.429. The van der Waals surface area contributed by atoms with Gasteiger partial charge in [-0.1, -0.05) is 12.1 Å². The Bertz CT molecular complexity index is 642. The molecule has 0 aromatic heterocycles. The second-order valence-corrected chi connectivity index (χ2v) is 6.50. The third kappa shape index (κ3) is 5.36. The highest BCUT2D eigenvalue weighted by molar-refractivity contribution is 7.92. The molecule has 0 aliphatic heterocycles. The Morgan fingerprint density at radius 3 is 2.55 bits per heavy atom. The van der Waals surface area contributed by atoms with E-state index >= 15 is 0 Å². The van der Waals surface area contributed by atoms with Crippen LogP contribution >= 0.6 is 0 Å². The minimum Gasteiger partial charge on any atom is -0.450 e. The molecule has 1 N–H and O–H groups in total. The van der Waals surface area contributed by atoms with Gasteiger partial charge >= 0.3 is 6.09 Å². The van der Waals surface area contributed by atoms with E-state index in [1.54, 1.807) is 25.1 Å². The molecule has 122 valence electrons. The number of Topliss-reactive ketones (excluding diaryl/α,β-unsaturated/α-hetero) is 1. The Balaban J connectivity index is 2.88. The molecule has 0 radical (unpaired) electrons. The van der Waals surface area contributed by atoms with E-state index in [2.05, 4.69) is 5.32 Å². The molecule has 0 bridgehead atoms. The van der Waals surface area contributed by atoms with Gasteiger partial charge < -0.3 is 10.1 Å². The standard InChI is InChI=1S/C14H20N2O5S/c1-4-21-14(18)15-8-9-16(22(3,19)20)13-7-5-6-12(10-13)11(2)17/h5-7,10H,4,8-9H2,1-3H3,(H,15,18). The lowest BCUT2D eigenvalue weighted by Gasteiger charge is -2.22. The minimum atomic E-state index is -3.54. The van der Waals surface area contributed by atoms with Crippen LogP contribution in [0.5, 0.6) is 0 Å². The fourth-order valence-corrected chi connectivity index (χ4v) is 2.73. The van der Waals surface area contributed by atoms with E-state index in [1.807, 2.05) is 0 Å². The lowest BCUT2D eigenvalue weighted by atomic mass is 10.1. The largest absolute Gasteiger partial charge is 0.450 e. The first-order chi connectivity index (χ1) is 10.3. The molecular weight excluding hydrogens is 308 g/mol. The van der Waals surface area contributed by atoms with Crippen molar-refractivity contribution in [2.45, 2.75) is 13.8 Å². The number of anilines is 1. The molecule has 0 unspecified atom stereocenters. The number of nitrogens with one attached hydrogen (secondary N) is 1. The number of alkyl carbamates (subject to hydrolysis) is 1. The van der Waals surface area contributed by atoms with Gasteiger partial charge in [-0.3, -0.25) is 9.10 Å². The van der Waals surface area contributed by atoms with Crippen molar-refractivity contribution in [1.29, 1.82) is 0 Å². The first-order valence-corrected chi connectivity index (χ1v) is 8.60. The van der Waals surface area contributed by atoms with Crippen LogP contribution in [0.2, 0.25) is 0 Å². The second kappa shape index (κ2) is 7.79. The van der Waals surface area contributed by atoms with Crippen LogP contribution in [0, 0.1) is 0 Å². The SMILES string of the molecule is CCOC(=O)NCCN(c1cccc(C(C)=O)c1)S(C)(=O)=O. The molecule has 8 heteroatoms. The molecule has 0 saturated heterocycles. The summed E-state index contributed by atoms with van der Waals surface area (Å²) < 4.78 is 29.7. The zero-order chi connectivity index (χ0) is 16.8. The van der Waals surface area contributed by atoms with Crippen molar-refractivity contribution in [1.82, 2.24) is 5.32 Å². The summed E-state index contributed by atoms with van der Waals surface area (Å²) in [7, 11) is -3.54. The number of hydrogen-bond donors (Lipinski definition) is 1. The summed E-state index contributed by atoms with van der Waals surface area (Å²) in [5.74, 6) is -0.153. The first-order valence-electron chi connectivity index (χ1n) is 6.75. The number of ketones is 1. The van der Waals surface area contributed by atoms with Crippen molar-refractivity contribution in [3.05, 3.63) is 29.8 Å². The quantitative estimate of drug-likeness (QED) is 0.764. The summed E-state index contributed by atoms with van der Waals surface area (Å²) in [4.78, 5) is 22.6. The summed E-state index contributed by atoms with van der Waals surface area (Å²) in [6, 6.07) is 6.33. The normalized spacial score (nSPS) is 10.9. The van der Waals surface area contributed by atoms with E-state index in [1.165, 1.54) is 13.0 Å². The predicted octanol–water partition coefficient (Wildman–Crippen LogP) is 1.40. The van der Waals surface area contributed by atoms with Gasteiger partial charge in [-0.15, -0.1) is 0 Å². The molecule has 0 saturated carbocycles. The fourth-order valence-electron chi connectivity index (χ4n) is 1.81. The molecule has 1 amide bonds. The topological polar surface area (TPSA) is 92.8 Å². The van der Waals surface area contributed by atoms with Crippen LogP contribution in [0.25, 0.3) is 0 Å². The van der Waals surface area contributed by atoms with Gasteiger partial charge in [0.05, 0.1) is 25.1 Å². The molecule has 1 rings (SSSR count). The summed E-state index contributed by atoms with van der Waals surface area (Å²) in [5, 5.41) is 2.46. The number of nitrogens with zero attached hydrogens (tertiary/aromatic N) is 1. The number of hydrogen-bond acceptors (Lipinski definition) is 5. The van der Waals surface area contributed by atoms with Gasteiger partial charge in [-0.2, -0.15) is 0 Å². The zero-order valence-corrected chi connectivity index (χ0v) is 13.6. The number of rotatable bonds is 7. The Morgan fingerprint density at radius 2 is 2.00 bits per heavy atom. The maximum Gasteiger partial charge on any atom is 0.407 e. The molecule has 0 spiro atoms. The Morgan fingerprint density at radius 1 is 1.32 bits per heavy atom. The van der Waals surface area contributed by atoms with Gasteiger partial charge in [-0.05, 0) is 26.0 Å². The highest BCUT2D eigenvalue weighted by Gasteiger charge is 2.18. The van der Waals surface area contributed by atoms with E-state index in [9.17, 15) is 18.0 Å². The number of carbonyl (C=O) groups is 2. The van der Waals surface area contributed by atoms with Gasteiger partial charge in [0, 0.05) is 12.1 Å². The third-order valence-corrected chi connectivity index (χ3v) is 3.99. The maximum absolute atomic E-state index is 11.9. The van der Waals surface area contributed by atoms with Crippen molar-refractivity contribution in [2.75, 3.05) is 30.3 Å². The number of amides is 1. The average molecular weight is 328 g/mol. The number of benzene rings is 1. The maximum atomic E-state index is 11.9. The number of carbonyl (C=O) groups excluding carboxylic acids is 2. The van der Waals surface area contributed by atoms with E-state index in [0.717, 1.165) is 10.6 Å². The van der Waals surface area contributed by atoms with E-state index in [-0.39, 0.29) is 25.5 Å². The van der Waals surface area contributed by atoms with E-state index in [0.29, 0.717) is 11.3 Å². The lowest BCUT2D eigenvalue weighted by Crippen LogP contribution is -2.38. The molecule has 1 aromatic rings. The molecule has 0 heterocycles. The molecule has 1 aromatic carbocycles. The van der Waals surface area contributed by atoms with Crippen LogP contribution in [-0.2, 0) is 14.8 Å². The van der Waals surface area contributed by atoms with Crippen molar-refractivity contribution < 1.29 is 22.7 Å². The Hall–Kier alpha value is -2.09. The van der Waals surface area contributed by atoms with Crippen molar-refractivity contribution in [3.63, 3.8) is 0 Å². The van der Waals surface area contributed by atoms with Gasteiger partial charge in [0.2, 0.25) is 10.0 Å². The van der Waals surface area contributed by atoms with E-state index < -0.39 is 16.1 Å². The van der Waals surface area contributed by atoms with E-state index in [4.69, 9.17) is 4.74 Å². The van der Waals surface area contributed by atoms with Crippen LogP contribution in [0.4, 0.5) is 10.5 Å². The highest BCUT2D eigenvalue weighted by atomic mass is 32.2.